The molecule has 0 aliphatic carbocycles. The molecule has 0 saturated carbocycles. The third kappa shape index (κ3) is 5.48. The van der Waals surface area contributed by atoms with Gasteiger partial charge in [-0.1, -0.05) is 33.3 Å². The molecule has 0 aromatic heterocycles. The van der Waals surface area contributed by atoms with Gasteiger partial charge in [0.2, 0.25) is 0 Å². The molecule has 0 bridgehead atoms. The Labute approximate surface area is 132 Å². The van der Waals surface area contributed by atoms with Crippen LogP contribution in [0.4, 0.5) is 0 Å². The van der Waals surface area contributed by atoms with E-state index in [2.05, 4.69) is 10.6 Å². The van der Waals surface area contributed by atoms with E-state index in [-0.39, 0.29) is 24.3 Å². The zero-order chi connectivity index (χ0) is 16.5. The molecule has 0 fully saturated rings. The lowest BCUT2D eigenvalue weighted by Crippen LogP contribution is -2.35. The first-order valence-corrected chi connectivity index (χ1v) is 7.84. The van der Waals surface area contributed by atoms with E-state index in [0.717, 1.165) is 12.8 Å². The maximum Gasteiger partial charge on any atom is 0.251 e. The van der Waals surface area contributed by atoms with Gasteiger partial charge < -0.3 is 15.7 Å². The molecule has 122 valence electrons. The van der Waals surface area contributed by atoms with Crippen LogP contribution in [0.15, 0.2) is 24.3 Å². The smallest absolute Gasteiger partial charge is 0.251 e. The minimum atomic E-state index is -0.565. The van der Waals surface area contributed by atoms with Crippen molar-refractivity contribution in [3.8, 4) is 0 Å². The number of nitrogens with one attached hydrogen (secondary N) is 2. The SMILES string of the molecule is CCCNC(=O)c1cccc(C(=O)NCC(O)C(C)CC)c1. The Morgan fingerprint density at radius 3 is 2.27 bits per heavy atom. The molecule has 1 rings (SSSR count). The van der Waals surface area contributed by atoms with Crippen molar-refractivity contribution in [3.63, 3.8) is 0 Å². The minimum Gasteiger partial charge on any atom is -0.391 e. The molecule has 2 unspecified atom stereocenters. The second-order valence-electron chi connectivity index (χ2n) is 5.50. The van der Waals surface area contributed by atoms with Gasteiger partial charge in [0.1, 0.15) is 0 Å². The van der Waals surface area contributed by atoms with Crippen LogP contribution in [0.3, 0.4) is 0 Å². The molecule has 0 aliphatic heterocycles. The van der Waals surface area contributed by atoms with Crippen molar-refractivity contribution in [1.82, 2.24) is 10.6 Å². The van der Waals surface area contributed by atoms with E-state index >= 15 is 0 Å². The van der Waals surface area contributed by atoms with E-state index in [9.17, 15) is 14.7 Å². The van der Waals surface area contributed by atoms with Gasteiger partial charge in [-0.2, -0.15) is 0 Å². The largest absolute Gasteiger partial charge is 0.391 e. The molecular weight excluding hydrogens is 280 g/mol. The Kier molecular flexibility index (Phi) is 7.60. The highest BCUT2D eigenvalue weighted by Crippen LogP contribution is 2.08. The standard InChI is InChI=1S/C17H26N2O3/c1-4-9-18-16(21)13-7-6-8-14(10-13)17(22)19-11-15(20)12(3)5-2/h6-8,10,12,15,20H,4-5,9,11H2,1-3H3,(H,18,21)(H,19,22). The summed E-state index contributed by atoms with van der Waals surface area (Å²) >= 11 is 0. The summed E-state index contributed by atoms with van der Waals surface area (Å²) in [7, 11) is 0. The number of amides is 2. The zero-order valence-electron chi connectivity index (χ0n) is 13.6. The van der Waals surface area contributed by atoms with Crippen molar-refractivity contribution in [2.45, 2.75) is 39.7 Å². The highest BCUT2D eigenvalue weighted by molar-refractivity contribution is 5.99. The predicted molar refractivity (Wildman–Crippen MR) is 86.9 cm³/mol. The Balaban J connectivity index is 2.64. The molecule has 22 heavy (non-hydrogen) atoms. The van der Waals surface area contributed by atoms with Gasteiger partial charge in [-0.3, -0.25) is 9.59 Å². The van der Waals surface area contributed by atoms with Crippen molar-refractivity contribution in [2.75, 3.05) is 13.1 Å². The first-order chi connectivity index (χ1) is 10.5. The predicted octanol–water partition coefficient (Wildman–Crippen LogP) is 1.96. The van der Waals surface area contributed by atoms with Gasteiger partial charge in [0.05, 0.1) is 6.10 Å². The number of aliphatic hydroxyl groups excluding tert-OH is 1. The van der Waals surface area contributed by atoms with Crippen molar-refractivity contribution >= 4 is 11.8 Å². The summed E-state index contributed by atoms with van der Waals surface area (Å²) in [5.41, 5.74) is 0.879. The first kappa shape index (κ1) is 18.2. The lowest BCUT2D eigenvalue weighted by atomic mass is 10.0. The maximum absolute atomic E-state index is 12.1. The summed E-state index contributed by atoms with van der Waals surface area (Å²) in [6, 6.07) is 6.58. The van der Waals surface area contributed by atoms with Crippen LogP contribution in [-0.2, 0) is 0 Å². The maximum atomic E-state index is 12.1. The highest BCUT2D eigenvalue weighted by Gasteiger charge is 2.15. The van der Waals surface area contributed by atoms with Crippen molar-refractivity contribution in [1.29, 1.82) is 0 Å². The highest BCUT2D eigenvalue weighted by atomic mass is 16.3. The number of carbonyl (C=O) groups excluding carboxylic acids is 2. The Morgan fingerprint density at radius 2 is 1.73 bits per heavy atom. The fourth-order valence-electron chi connectivity index (χ4n) is 1.91. The van der Waals surface area contributed by atoms with Gasteiger partial charge in [-0.15, -0.1) is 0 Å². The van der Waals surface area contributed by atoms with E-state index in [1.54, 1.807) is 24.3 Å². The molecule has 0 heterocycles. The number of hydrogen-bond donors (Lipinski definition) is 3. The third-order valence-electron chi connectivity index (χ3n) is 3.70. The molecule has 1 aromatic carbocycles. The minimum absolute atomic E-state index is 0.131. The van der Waals surface area contributed by atoms with Gasteiger partial charge in [0, 0.05) is 24.2 Å². The molecule has 5 nitrogen and oxygen atoms in total. The molecule has 3 N–H and O–H groups in total. The summed E-state index contributed by atoms with van der Waals surface area (Å²) < 4.78 is 0. The zero-order valence-corrected chi connectivity index (χ0v) is 13.6. The van der Waals surface area contributed by atoms with Crippen LogP contribution >= 0.6 is 0 Å². The summed E-state index contributed by atoms with van der Waals surface area (Å²) in [5.74, 6) is -0.338. The van der Waals surface area contributed by atoms with Crippen molar-refractivity contribution < 1.29 is 14.7 Å². The van der Waals surface area contributed by atoms with E-state index in [0.29, 0.717) is 17.7 Å². The quantitative estimate of drug-likeness (QED) is 0.687. The average molecular weight is 306 g/mol. The van der Waals surface area contributed by atoms with Crippen LogP contribution in [0.2, 0.25) is 0 Å². The molecule has 1 aromatic rings. The summed E-state index contributed by atoms with van der Waals surface area (Å²) in [4.78, 5) is 24.0. The van der Waals surface area contributed by atoms with Crippen LogP contribution in [0.25, 0.3) is 0 Å². The van der Waals surface area contributed by atoms with Crippen LogP contribution in [0.5, 0.6) is 0 Å². The summed E-state index contributed by atoms with van der Waals surface area (Å²) in [6.07, 6.45) is 1.15. The number of aliphatic hydroxyl groups is 1. The van der Waals surface area contributed by atoms with Gasteiger partial charge in [0.15, 0.2) is 0 Å². The molecular formula is C17H26N2O3. The molecule has 5 heteroatoms. The summed E-state index contributed by atoms with van der Waals surface area (Å²) in [6.45, 7) is 6.73. The average Bonchev–Trinajstić information content (AvgIpc) is 2.56. The molecule has 0 spiro atoms. The van der Waals surface area contributed by atoms with Crippen LogP contribution in [0.1, 0.15) is 54.3 Å². The number of benzene rings is 1. The molecule has 0 aliphatic rings. The van der Waals surface area contributed by atoms with Crippen LogP contribution in [0, 0.1) is 5.92 Å². The second-order valence-corrected chi connectivity index (χ2v) is 5.50. The topological polar surface area (TPSA) is 78.4 Å². The molecule has 0 saturated heterocycles. The van der Waals surface area contributed by atoms with E-state index in [1.165, 1.54) is 0 Å². The van der Waals surface area contributed by atoms with E-state index < -0.39 is 6.10 Å². The summed E-state index contributed by atoms with van der Waals surface area (Å²) in [5, 5.41) is 15.4. The van der Waals surface area contributed by atoms with Crippen molar-refractivity contribution in [3.05, 3.63) is 35.4 Å². The Hall–Kier alpha value is -1.88. The Morgan fingerprint density at radius 1 is 1.14 bits per heavy atom. The van der Waals surface area contributed by atoms with E-state index in [4.69, 9.17) is 0 Å². The van der Waals surface area contributed by atoms with Crippen molar-refractivity contribution in [2.24, 2.45) is 5.92 Å². The fourth-order valence-corrected chi connectivity index (χ4v) is 1.91. The number of carbonyl (C=O) groups is 2. The normalized spacial score (nSPS) is 13.3. The van der Waals surface area contributed by atoms with Gasteiger partial charge >= 0.3 is 0 Å². The second kappa shape index (κ2) is 9.20. The fraction of sp³-hybridized carbons (Fsp3) is 0.529. The van der Waals surface area contributed by atoms with E-state index in [1.807, 2.05) is 20.8 Å². The molecule has 2 atom stereocenters. The van der Waals surface area contributed by atoms with Gasteiger partial charge in [-0.05, 0) is 30.5 Å². The van der Waals surface area contributed by atoms with Gasteiger partial charge in [-0.25, -0.2) is 0 Å². The third-order valence-corrected chi connectivity index (χ3v) is 3.70. The number of hydrogen-bond acceptors (Lipinski definition) is 3. The lowest BCUT2D eigenvalue weighted by Gasteiger charge is -2.17. The molecule has 0 radical (unpaired) electrons. The Bertz CT molecular complexity index is 502. The van der Waals surface area contributed by atoms with Crippen LogP contribution in [-0.4, -0.2) is 36.1 Å². The first-order valence-electron chi connectivity index (χ1n) is 7.84. The lowest BCUT2D eigenvalue weighted by molar-refractivity contribution is 0.0850. The number of rotatable bonds is 8. The monoisotopic (exact) mass is 306 g/mol. The van der Waals surface area contributed by atoms with Gasteiger partial charge in [0.25, 0.3) is 11.8 Å². The molecule has 2 amide bonds. The van der Waals surface area contributed by atoms with Crippen LogP contribution < -0.4 is 10.6 Å².